The minimum absolute atomic E-state index is 0.0140. The van der Waals surface area contributed by atoms with E-state index in [0.717, 1.165) is 45.1 Å². The van der Waals surface area contributed by atoms with Crippen molar-refractivity contribution < 1.29 is 9.59 Å². The van der Waals surface area contributed by atoms with Crippen LogP contribution in [0, 0.1) is 5.92 Å². The van der Waals surface area contributed by atoms with Gasteiger partial charge in [-0.1, -0.05) is 37.9 Å². The highest BCUT2D eigenvalue weighted by molar-refractivity contribution is 6.14. The Labute approximate surface area is 116 Å². The second kappa shape index (κ2) is 5.97. The molecule has 0 bridgehead atoms. The summed E-state index contributed by atoms with van der Waals surface area (Å²) in [4.78, 5) is 24.6. The Balaban J connectivity index is 1.82. The van der Waals surface area contributed by atoms with Crippen LogP contribution in [0.1, 0.15) is 51.9 Å². The van der Waals surface area contributed by atoms with Gasteiger partial charge in [0.1, 0.15) is 0 Å². The van der Waals surface area contributed by atoms with E-state index in [0.29, 0.717) is 18.9 Å². The van der Waals surface area contributed by atoms with E-state index in [2.05, 4.69) is 12.2 Å². The largest absolute Gasteiger partial charge is 0.324 e. The van der Waals surface area contributed by atoms with Crippen molar-refractivity contribution in [2.45, 2.75) is 57.2 Å². The average molecular weight is 262 g/mol. The van der Waals surface area contributed by atoms with E-state index in [-0.39, 0.29) is 17.3 Å². The topological polar surface area (TPSA) is 49.4 Å². The molecule has 0 atom stereocenters. The molecule has 4 nitrogen and oxygen atoms in total. The summed E-state index contributed by atoms with van der Waals surface area (Å²) in [7, 11) is 6.20. The number of hydrogen-bond acceptors (Lipinski definition) is 2. The fraction of sp³-hybridized carbons (Fsp3) is 0.857. The zero-order valence-electron chi connectivity index (χ0n) is 11.8. The molecule has 19 heavy (non-hydrogen) atoms. The highest BCUT2D eigenvalue weighted by atomic mass is 16.2. The lowest BCUT2D eigenvalue weighted by molar-refractivity contribution is -0.121. The van der Waals surface area contributed by atoms with Crippen molar-refractivity contribution >= 4 is 19.8 Å². The normalized spacial score (nSPS) is 33.5. The predicted octanol–water partition coefficient (Wildman–Crippen LogP) is 2.25. The molecule has 1 N–H and O–H groups in total. The molecule has 1 aliphatic heterocycles. The molecule has 3 amide bonds. The predicted molar refractivity (Wildman–Crippen MR) is 75.0 cm³/mol. The maximum atomic E-state index is 11.7. The van der Waals surface area contributed by atoms with Crippen LogP contribution in [0.3, 0.4) is 0 Å². The molecule has 0 unspecified atom stereocenters. The second-order valence-electron chi connectivity index (χ2n) is 6.35. The van der Waals surface area contributed by atoms with Crippen LogP contribution in [-0.2, 0) is 4.79 Å². The lowest BCUT2D eigenvalue weighted by Gasteiger charge is -2.34. The van der Waals surface area contributed by atoms with Gasteiger partial charge < -0.3 is 4.90 Å². The number of urea groups is 1. The second-order valence-corrected chi connectivity index (χ2v) is 6.35. The summed E-state index contributed by atoms with van der Waals surface area (Å²) in [6, 6.07) is -0.220. The Hall–Kier alpha value is -0.995. The minimum atomic E-state index is -0.220. The first kappa shape index (κ1) is 14.4. The Kier molecular flexibility index (Phi) is 4.53. The van der Waals surface area contributed by atoms with Crippen LogP contribution < -0.4 is 5.32 Å². The summed E-state index contributed by atoms with van der Waals surface area (Å²) in [6.07, 6.45) is 7.08. The highest BCUT2D eigenvalue weighted by Crippen LogP contribution is 2.38. The number of carbonyl (C=O) groups is 2. The van der Waals surface area contributed by atoms with Crippen LogP contribution in [0.15, 0.2) is 0 Å². The van der Waals surface area contributed by atoms with Gasteiger partial charge in [0, 0.05) is 19.5 Å². The van der Waals surface area contributed by atoms with E-state index in [1.54, 1.807) is 4.90 Å². The van der Waals surface area contributed by atoms with Gasteiger partial charge in [-0.2, -0.15) is 0 Å². The van der Waals surface area contributed by atoms with Gasteiger partial charge in [-0.3, -0.25) is 10.1 Å². The molecule has 2 rings (SSSR count). The molecule has 1 heterocycles. The van der Waals surface area contributed by atoms with E-state index in [1.165, 1.54) is 0 Å². The smallest absolute Gasteiger partial charge is 0.324 e. The van der Waals surface area contributed by atoms with Crippen LogP contribution in [-0.4, -0.2) is 37.8 Å². The lowest BCUT2D eigenvalue weighted by Crippen LogP contribution is -2.50. The molecule has 2 radical (unpaired) electrons. The van der Waals surface area contributed by atoms with Crippen molar-refractivity contribution in [2.75, 3.05) is 13.1 Å². The van der Waals surface area contributed by atoms with Gasteiger partial charge in [0.2, 0.25) is 5.91 Å². The highest BCUT2D eigenvalue weighted by Gasteiger charge is 2.27. The van der Waals surface area contributed by atoms with E-state index >= 15 is 0 Å². The number of hydrogen-bond donors (Lipinski definition) is 1. The van der Waals surface area contributed by atoms with Crippen LogP contribution >= 0.6 is 0 Å². The fourth-order valence-corrected chi connectivity index (χ4v) is 3.13. The SMILES string of the molecule is [B]C1(C)CCCC(CN2CCC(=O)NC2=O)CCC1. The summed E-state index contributed by atoms with van der Waals surface area (Å²) < 4.78 is 0. The molecule has 0 aromatic heterocycles. The maximum absolute atomic E-state index is 11.7. The molecule has 1 saturated heterocycles. The zero-order valence-corrected chi connectivity index (χ0v) is 11.8. The van der Waals surface area contributed by atoms with Gasteiger partial charge in [-0.05, 0) is 18.8 Å². The third-order valence-corrected chi connectivity index (χ3v) is 4.34. The molecule has 2 fully saturated rings. The van der Waals surface area contributed by atoms with E-state index in [9.17, 15) is 9.59 Å². The van der Waals surface area contributed by atoms with Gasteiger partial charge in [-0.25, -0.2) is 4.79 Å². The van der Waals surface area contributed by atoms with Crippen LogP contribution in [0.25, 0.3) is 0 Å². The van der Waals surface area contributed by atoms with Crippen molar-refractivity contribution in [1.29, 1.82) is 0 Å². The van der Waals surface area contributed by atoms with Crippen molar-refractivity contribution in [1.82, 2.24) is 10.2 Å². The van der Waals surface area contributed by atoms with E-state index < -0.39 is 0 Å². The number of amides is 3. The third-order valence-electron chi connectivity index (χ3n) is 4.34. The quantitative estimate of drug-likeness (QED) is 0.776. The van der Waals surface area contributed by atoms with E-state index in [4.69, 9.17) is 7.85 Å². The molecule has 0 aromatic carbocycles. The number of nitrogens with one attached hydrogen (secondary N) is 1. The summed E-state index contributed by atoms with van der Waals surface area (Å²) in [5.41, 5.74) is 0. The van der Waals surface area contributed by atoms with Crippen molar-refractivity contribution in [3.63, 3.8) is 0 Å². The summed E-state index contributed by atoms with van der Waals surface area (Å²) in [6.45, 7) is 3.48. The van der Waals surface area contributed by atoms with Crippen molar-refractivity contribution in [3.05, 3.63) is 0 Å². The molecule has 0 spiro atoms. The maximum Gasteiger partial charge on any atom is 0.324 e. The van der Waals surface area contributed by atoms with Gasteiger partial charge in [-0.15, -0.1) is 0 Å². The van der Waals surface area contributed by atoms with Crippen LogP contribution in [0.2, 0.25) is 5.31 Å². The minimum Gasteiger partial charge on any atom is -0.324 e. The van der Waals surface area contributed by atoms with Crippen LogP contribution in [0.5, 0.6) is 0 Å². The van der Waals surface area contributed by atoms with E-state index in [1.807, 2.05) is 0 Å². The molecule has 1 saturated carbocycles. The summed E-state index contributed by atoms with van der Waals surface area (Å²) in [5, 5.41) is 2.37. The first-order valence-corrected chi connectivity index (χ1v) is 7.34. The molecular formula is C14H23BN2O2. The number of nitrogens with zero attached hydrogens (tertiary/aromatic N) is 1. The standard InChI is InChI=1S/C14H23BN2O2/c1-14(15)7-2-4-11(5-3-8-14)10-17-9-6-12(18)16-13(17)19/h11H,2-10H2,1H3,(H,16,18,19). The van der Waals surface area contributed by atoms with Gasteiger partial charge in [0.25, 0.3) is 0 Å². The van der Waals surface area contributed by atoms with Crippen molar-refractivity contribution in [2.24, 2.45) is 5.92 Å². The molecule has 1 aliphatic carbocycles. The first-order valence-electron chi connectivity index (χ1n) is 7.34. The molecule has 104 valence electrons. The molecule has 2 aliphatic rings. The lowest BCUT2D eigenvalue weighted by atomic mass is 9.63. The summed E-state index contributed by atoms with van der Waals surface area (Å²) >= 11 is 0. The zero-order chi connectivity index (χ0) is 13.9. The first-order chi connectivity index (χ1) is 8.96. The number of carbonyl (C=O) groups excluding carboxylic acids is 2. The molecular weight excluding hydrogens is 239 g/mol. The molecule has 0 aromatic rings. The summed E-state index contributed by atoms with van der Waals surface area (Å²) in [5.74, 6) is 0.396. The number of imide groups is 1. The van der Waals surface area contributed by atoms with Gasteiger partial charge in [0.15, 0.2) is 0 Å². The van der Waals surface area contributed by atoms with Gasteiger partial charge in [0.05, 0.1) is 7.85 Å². The average Bonchev–Trinajstić information content (AvgIpc) is 2.29. The fourth-order valence-electron chi connectivity index (χ4n) is 3.13. The Bertz CT molecular complexity index is 345. The number of rotatable bonds is 2. The van der Waals surface area contributed by atoms with Gasteiger partial charge >= 0.3 is 6.03 Å². The van der Waals surface area contributed by atoms with Crippen molar-refractivity contribution in [3.8, 4) is 0 Å². The third kappa shape index (κ3) is 4.25. The Morgan fingerprint density at radius 3 is 2.53 bits per heavy atom. The Morgan fingerprint density at radius 1 is 1.32 bits per heavy atom. The molecule has 5 heteroatoms. The monoisotopic (exact) mass is 262 g/mol. The Morgan fingerprint density at radius 2 is 1.95 bits per heavy atom. The van der Waals surface area contributed by atoms with Crippen LogP contribution in [0.4, 0.5) is 4.79 Å².